The molecule has 1 N–H and O–H groups in total. The smallest absolute Gasteiger partial charge is 0.251 e. The average Bonchev–Trinajstić information content (AvgIpc) is 2.40. The Kier molecular flexibility index (Phi) is 1.69. The quantitative estimate of drug-likeness (QED) is 0.712. The van der Waals surface area contributed by atoms with Gasteiger partial charge in [0.2, 0.25) is 5.91 Å². The minimum atomic E-state index is -2.77. The van der Waals surface area contributed by atoms with Gasteiger partial charge in [-0.25, -0.2) is 13.8 Å². The molecular formula is C10H7ClF2N2O. The molecule has 0 bridgehead atoms. The minimum absolute atomic E-state index is 0.213. The van der Waals surface area contributed by atoms with E-state index in [2.05, 4.69) is 10.3 Å². The van der Waals surface area contributed by atoms with Gasteiger partial charge in [0.05, 0.1) is 11.4 Å². The van der Waals surface area contributed by atoms with E-state index in [1.807, 2.05) is 0 Å². The van der Waals surface area contributed by atoms with Crippen molar-refractivity contribution in [1.29, 1.82) is 0 Å². The van der Waals surface area contributed by atoms with Gasteiger partial charge in [-0.1, -0.05) is 11.6 Å². The highest BCUT2D eigenvalue weighted by atomic mass is 35.5. The van der Waals surface area contributed by atoms with E-state index in [9.17, 15) is 13.6 Å². The van der Waals surface area contributed by atoms with E-state index in [0.29, 0.717) is 11.4 Å². The number of hydrogen-bond donors (Lipinski definition) is 1. The first kappa shape index (κ1) is 9.96. The molecule has 1 aromatic rings. The number of carbonyl (C=O) groups is 1. The SMILES string of the molecule is O=C1Nc2ccc(Cl)nc2C12CC(F)(F)C2. The lowest BCUT2D eigenvalue weighted by molar-refractivity contribution is -0.153. The van der Waals surface area contributed by atoms with Crippen molar-refractivity contribution in [1.82, 2.24) is 4.98 Å². The molecule has 0 unspecified atom stereocenters. The van der Waals surface area contributed by atoms with E-state index in [1.165, 1.54) is 6.07 Å². The zero-order valence-corrected chi connectivity index (χ0v) is 8.81. The number of amides is 1. The summed E-state index contributed by atoms with van der Waals surface area (Å²) in [6.45, 7) is 0. The topological polar surface area (TPSA) is 42.0 Å². The van der Waals surface area contributed by atoms with Gasteiger partial charge in [0.15, 0.2) is 0 Å². The molecule has 1 amide bonds. The molecule has 3 nitrogen and oxygen atoms in total. The summed E-state index contributed by atoms with van der Waals surface area (Å²) in [6, 6.07) is 3.12. The summed E-state index contributed by atoms with van der Waals surface area (Å²) in [6.07, 6.45) is -0.960. The second-order valence-electron chi connectivity index (χ2n) is 4.28. The number of pyridine rings is 1. The number of nitrogens with zero attached hydrogens (tertiary/aromatic N) is 1. The van der Waals surface area contributed by atoms with Crippen LogP contribution in [-0.2, 0) is 10.2 Å². The molecule has 1 aliphatic carbocycles. The third kappa shape index (κ3) is 1.12. The molecule has 1 saturated carbocycles. The Morgan fingerprint density at radius 2 is 2.06 bits per heavy atom. The summed E-state index contributed by atoms with van der Waals surface area (Å²) in [5.41, 5.74) is -0.315. The third-order valence-electron chi connectivity index (χ3n) is 3.12. The van der Waals surface area contributed by atoms with Crippen molar-refractivity contribution >= 4 is 23.2 Å². The maximum atomic E-state index is 13.0. The summed E-state index contributed by atoms with van der Waals surface area (Å²) < 4.78 is 25.9. The van der Waals surface area contributed by atoms with Crippen LogP contribution < -0.4 is 5.32 Å². The zero-order valence-electron chi connectivity index (χ0n) is 8.06. The first-order valence-electron chi connectivity index (χ1n) is 4.79. The van der Waals surface area contributed by atoms with Gasteiger partial charge in [0.25, 0.3) is 5.92 Å². The van der Waals surface area contributed by atoms with E-state index in [0.717, 1.165) is 0 Å². The molecule has 16 heavy (non-hydrogen) atoms. The van der Waals surface area contributed by atoms with Crippen LogP contribution in [0, 0.1) is 0 Å². The van der Waals surface area contributed by atoms with E-state index in [4.69, 9.17) is 11.6 Å². The Morgan fingerprint density at radius 1 is 1.38 bits per heavy atom. The molecule has 0 aromatic carbocycles. The number of hydrogen-bond acceptors (Lipinski definition) is 2. The van der Waals surface area contributed by atoms with Crippen LogP contribution >= 0.6 is 11.6 Å². The zero-order chi connectivity index (χ0) is 11.6. The second kappa shape index (κ2) is 2.71. The van der Waals surface area contributed by atoms with E-state index in [-0.39, 0.29) is 5.15 Å². The molecule has 2 aliphatic rings. The van der Waals surface area contributed by atoms with Gasteiger partial charge in [0.1, 0.15) is 10.6 Å². The van der Waals surface area contributed by atoms with E-state index < -0.39 is 30.1 Å². The number of alkyl halides is 2. The fourth-order valence-electron chi connectivity index (χ4n) is 2.41. The number of halogens is 3. The lowest BCUT2D eigenvalue weighted by Gasteiger charge is -2.42. The van der Waals surface area contributed by atoms with Crippen molar-refractivity contribution < 1.29 is 13.6 Å². The molecule has 3 rings (SSSR count). The number of fused-ring (bicyclic) bond motifs is 2. The van der Waals surface area contributed by atoms with Crippen LogP contribution in [0.3, 0.4) is 0 Å². The molecule has 1 spiro atoms. The van der Waals surface area contributed by atoms with Crippen molar-refractivity contribution in [2.75, 3.05) is 5.32 Å². The number of carbonyl (C=O) groups excluding carboxylic acids is 1. The molecular weight excluding hydrogens is 238 g/mol. The number of rotatable bonds is 0. The lowest BCUT2D eigenvalue weighted by atomic mass is 9.64. The standard InChI is InChI=1S/C10H7ClF2N2O/c11-6-2-1-5-7(15-6)9(8(16)14-5)3-10(12,13)4-9/h1-2H,3-4H2,(H,14,16). The maximum absolute atomic E-state index is 13.0. The molecule has 1 aromatic heterocycles. The van der Waals surface area contributed by atoms with Crippen LogP contribution in [0.1, 0.15) is 18.5 Å². The Labute approximate surface area is 94.8 Å². The molecule has 1 aliphatic heterocycles. The first-order chi connectivity index (χ1) is 7.43. The molecule has 0 atom stereocenters. The third-order valence-corrected chi connectivity index (χ3v) is 3.33. The van der Waals surface area contributed by atoms with E-state index >= 15 is 0 Å². The van der Waals surface area contributed by atoms with Crippen LogP contribution in [0.25, 0.3) is 0 Å². The highest BCUT2D eigenvalue weighted by Crippen LogP contribution is 2.57. The van der Waals surface area contributed by atoms with Crippen LogP contribution in [0.15, 0.2) is 12.1 Å². The fraction of sp³-hybridized carbons (Fsp3) is 0.400. The predicted octanol–water partition coefficient (Wildman–Crippen LogP) is 2.35. The summed E-state index contributed by atoms with van der Waals surface area (Å²) in [4.78, 5) is 15.7. The molecule has 84 valence electrons. The summed E-state index contributed by atoms with van der Waals surface area (Å²) in [5, 5.41) is 2.77. The summed E-state index contributed by atoms with van der Waals surface area (Å²) >= 11 is 5.71. The Bertz CT molecular complexity index is 496. The summed E-state index contributed by atoms with van der Waals surface area (Å²) in [5.74, 6) is -3.17. The highest BCUT2D eigenvalue weighted by molar-refractivity contribution is 6.29. The van der Waals surface area contributed by atoms with Crippen molar-refractivity contribution in [2.24, 2.45) is 0 Å². The van der Waals surface area contributed by atoms with Crippen molar-refractivity contribution in [3.05, 3.63) is 23.0 Å². The fourth-order valence-corrected chi connectivity index (χ4v) is 2.56. The Balaban J connectivity index is 2.10. The van der Waals surface area contributed by atoms with Gasteiger partial charge < -0.3 is 5.32 Å². The Hall–Kier alpha value is -1.23. The van der Waals surface area contributed by atoms with Gasteiger partial charge in [-0.15, -0.1) is 0 Å². The van der Waals surface area contributed by atoms with Gasteiger partial charge in [-0.05, 0) is 12.1 Å². The van der Waals surface area contributed by atoms with E-state index in [1.54, 1.807) is 6.07 Å². The van der Waals surface area contributed by atoms with Gasteiger partial charge >= 0.3 is 0 Å². The van der Waals surface area contributed by atoms with Crippen molar-refractivity contribution in [2.45, 2.75) is 24.2 Å². The van der Waals surface area contributed by atoms with Gasteiger partial charge in [-0.3, -0.25) is 4.79 Å². The number of nitrogens with one attached hydrogen (secondary N) is 1. The molecule has 0 radical (unpaired) electrons. The maximum Gasteiger partial charge on any atom is 0.251 e. The Morgan fingerprint density at radius 3 is 2.69 bits per heavy atom. The molecule has 1 fully saturated rings. The monoisotopic (exact) mass is 244 g/mol. The molecule has 2 heterocycles. The van der Waals surface area contributed by atoms with Crippen molar-refractivity contribution in [3.8, 4) is 0 Å². The van der Waals surface area contributed by atoms with Crippen LogP contribution in [0.4, 0.5) is 14.5 Å². The number of anilines is 1. The first-order valence-corrected chi connectivity index (χ1v) is 5.17. The van der Waals surface area contributed by atoms with Crippen LogP contribution in [-0.4, -0.2) is 16.8 Å². The predicted molar refractivity (Wildman–Crippen MR) is 53.7 cm³/mol. The van der Waals surface area contributed by atoms with Gasteiger partial charge in [0, 0.05) is 12.8 Å². The summed E-state index contributed by atoms with van der Waals surface area (Å²) in [7, 11) is 0. The van der Waals surface area contributed by atoms with Gasteiger partial charge in [-0.2, -0.15) is 0 Å². The normalized spacial score (nSPS) is 23.8. The largest absolute Gasteiger partial charge is 0.324 e. The lowest BCUT2D eigenvalue weighted by Crippen LogP contribution is -2.53. The molecule has 6 heteroatoms. The minimum Gasteiger partial charge on any atom is -0.324 e. The van der Waals surface area contributed by atoms with Crippen molar-refractivity contribution in [3.63, 3.8) is 0 Å². The highest BCUT2D eigenvalue weighted by Gasteiger charge is 2.65. The second-order valence-corrected chi connectivity index (χ2v) is 4.66. The van der Waals surface area contributed by atoms with Crippen LogP contribution in [0.2, 0.25) is 5.15 Å². The average molecular weight is 245 g/mol. The number of aromatic nitrogens is 1. The molecule has 0 saturated heterocycles. The van der Waals surface area contributed by atoms with Crippen LogP contribution in [0.5, 0.6) is 0 Å².